The lowest BCUT2D eigenvalue weighted by Crippen LogP contribution is -2.61. The molecular weight excluding hydrogens is 508 g/mol. The van der Waals surface area contributed by atoms with Gasteiger partial charge in [0.25, 0.3) is 0 Å². The molecule has 3 aliphatic rings. The molecule has 2 aliphatic heterocycles. The second kappa shape index (κ2) is 10.3. The molecule has 2 fully saturated rings. The van der Waals surface area contributed by atoms with E-state index in [1.165, 1.54) is 24.3 Å². The van der Waals surface area contributed by atoms with Crippen molar-refractivity contribution in [3.05, 3.63) is 58.7 Å². The number of aromatic hydroxyl groups is 1. The molecule has 2 heterocycles. The summed E-state index contributed by atoms with van der Waals surface area (Å²) in [6.07, 6.45) is -14.1. The highest BCUT2D eigenvalue weighted by Gasteiger charge is 2.47. The van der Waals surface area contributed by atoms with Gasteiger partial charge in [0.2, 0.25) is 6.29 Å². The zero-order chi connectivity index (χ0) is 27.3. The third-order valence-electron chi connectivity index (χ3n) is 6.82. The lowest BCUT2D eigenvalue weighted by molar-refractivity contribution is -0.307. The van der Waals surface area contributed by atoms with E-state index in [1.54, 1.807) is 12.1 Å². The van der Waals surface area contributed by atoms with Gasteiger partial charge in [0.1, 0.15) is 42.7 Å². The Balaban J connectivity index is 1.33. The molecule has 1 unspecified atom stereocenters. The van der Waals surface area contributed by atoms with E-state index >= 15 is 0 Å². The summed E-state index contributed by atoms with van der Waals surface area (Å²) in [5, 5.41) is 71.3. The quantitative estimate of drug-likeness (QED) is 0.186. The lowest BCUT2D eigenvalue weighted by Gasteiger charge is -2.41. The van der Waals surface area contributed by atoms with Gasteiger partial charge in [0.15, 0.2) is 29.4 Å². The highest BCUT2D eigenvalue weighted by atomic mass is 16.7. The first-order valence-corrected chi connectivity index (χ1v) is 11.8. The fourth-order valence-corrected chi connectivity index (χ4v) is 4.64. The van der Waals surface area contributed by atoms with E-state index in [2.05, 4.69) is 0 Å². The average Bonchev–Trinajstić information content (AvgIpc) is 2.91. The van der Waals surface area contributed by atoms with Gasteiger partial charge in [-0.3, -0.25) is 9.59 Å². The number of phenols is 1. The van der Waals surface area contributed by atoms with Crippen LogP contribution in [0.3, 0.4) is 0 Å². The van der Waals surface area contributed by atoms with Crippen LogP contribution in [0.1, 0.15) is 31.8 Å². The summed E-state index contributed by atoms with van der Waals surface area (Å²) in [5.41, 5.74) is -0.0325. The summed E-state index contributed by atoms with van der Waals surface area (Å²) in [6.45, 7) is -0.831. The number of carbonyl (C=O) groups excluding carboxylic acids is 2. The van der Waals surface area contributed by atoms with Crippen molar-refractivity contribution in [2.75, 3.05) is 13.2 Å². The molecular formula is C25H26O13. The van der Waals surface area contributed by atoms with Gasteiger partial charge in [-0.2, -0.15) is 0 Å². The molecule has 5 rings (SSSR count). The van der Waals surface area contributed by atoms with Gasteiger partial charge in [-0.15, -0.1) is 0 Å². The first-order chi connectivity index (χ1) is 18.1. The molecule has 1 aliphatic carbocycles. The molecule has 0 bridgehead atoms. The molecule has 2 saturated heterocycles. The van der Waals surface area contributed by atoms with E-state index in [0.29, 0.717) is 0 Å². The van der Waals surface area contributed by atoms with Crippen LogP contribution in [-0.2, 0) is 14.2 Å². The molecule has 0 saturated carbocycles. The zero-order valence-electron chi connectivity index (χ0n) is 19.7. The van der Waals surface area contributed by atoms with Crippen molar-refractivity contribution in [1.82, 2.24) is 0 Å². The molecule has 13 nitrogen and oxygen atoms in total. The van der Waals surface area contributed by atoms with Gasteiger partial charge < -0.3 is 54.7 Å². The normalized spacial score (nSPS) is 34.9. The van der Waals surface area contributed by atoms with E-state index in [0.717, 1.165) is 0 Å². The SMILES string of the molecule is O=C1c2ccccc2C(=O)c2c1ccc(OC1O[C@H](CO[C@@H]3OC[C@@H](O)[C@H](O)[C@H]3O)[C@@H](O)[C@H](O)[C@H]1O)c2O. The van der Waals surface area contributed by atoms with E-state index in [4.69, 9.17) is 18.9 Å². The van der Waals surface area contributed by atoms with Gasteiger partial charge >= 0.3 is 0 Å². The number of carbonyl (C=O) groups is 2. The Morgan fingerprint density at radius 2 is 1.42 bits per heavy atom. The number of rotatable bonds is 5. The average molecular weight is 534 g/mol. The second-order valence-electron chi connectivity index (χ2n) is 9.25. The third-order valence-corrected chi connectivity index (χ3v) is 6.82. The van der Waals surface area contributed by atoms with Crippen molar-refractivity contribution in [3.63, 3.8) is 0 Å². The first kappa shape index (κ1) is 26.6. The molecule has 2 aromatic rings. The number of aliphatic hydroxyl groups is 6. The maximum Gasteiger partial charge on any atom is 0.229 e. The van der Waals surface area contributed by atoms with Gasteiger partial charge in [-0.1, -0.05) is 24.3 Å². The Morgan fingerprint density at radius 3 is 2.13 bits per heavy atom. The van der Waals surface area contributed by atoms with Crippen molar-refractivity contribution >= 4 is 11.6 Å². The van der Waals surface area contributed by atoms with Crippen LogP contribution >= 0.6 is 0 Å². The monoisotopic (exact) mass is 534 g/mol. The van der Waals surface area contributed by atoms with Crippen LogP contribution in [0.5, 0.6) is 11.5 Å². The Kier molecular flexibility index (Phi) is 7.21. The van der Waals surface area contributed by atoms with E-state index in [1.807, 2.05) is 0 Å². The van der Waals surface area contributed by atoms with Gasteiger partial charge in [0.05, 0.1) is 18.8 Å². The number of benzene rings is 2. The zero-order valence-corrected chi connectivity index (χ0v) is 19.7. The molecule has 204 valence electrons. The second-order valence-corrected chi connectivity index (χ2v) is 9.25. The fourth-order valence-electron chi connectivity index (χ4n) is 4.64. The highest BCUT2D eigenvalue weighted by molar-refractivity contribution is 6.29. The van der Waals surface area contributed by atoms with E-state index < -0.39 is 79.2 Å². The minimum atomic E-state index is -1.80. The number of hydrogen-bond acceptors (Lipinski definition) is 13. The van der Waals surface area contributed by atoms with E-state index in [-0.39, 0.29) is 34.6 Å². The molecule has 7 N–H and O–H groups in total. The van der Waals surface area contributed by atoms with Crippen LogP contribution in [0, 0.1) is 0 Å². The number of aliphatic hydroxyl groups excluding tert-OH is 6. The topological polar surface area (TPSA) is 213 Å². The van der Waals surface area contributed by atoms with Crippen molar-refractivity contribution in [2.24, 2.45) is 0 Å². The number of phenolic OH excluding ortho intramolecular Hbond substituents is 1. The van der Waals surface area contributed by atoms with Crippen LogP contribution < -0.4 is 4.74 Å². The van der Waals surface area contributed by atoms with Crippen molar-refractivity contribution in [1.29, 1.82) is 0 Å². The predicted molar refractivity (Wildman–Crippen MR) is 122 cm³/mol. The Morgan fingerprint density at radius 1 is 0.763 bits per heavy atom. The minimum Gasteiger partial charge on any atom is -0.504 e. The minimum absolute atomic E-state index is 0.0382. The van der Waals surface area contributed by atoms with Crippen LogP contribution in [0.25, 0.3) is 0 Å². The Hall–Kier alpha value is -2.98. The first-order valence-electron chi connectivity index (χ1n) is 11.8. The predicted octanol–water partition coefficient (Wildman–Crippen LogP) is -2.19. The number of fused-ring (bicyclic) bond motifs is 2. The fraction of sp³-hybridized carbons (Fsp3) is 0.440. The summed E-state index contributed by atoms with van der Waals surface area (Å²) in [5.74, 6) is -2.08. The number of hydrogen-bond donors (Lipinski definition) is 7. The Labute approximate surface area is 215 Å². The summed E-state index contributed by atoms with van der Waals surface area (Å²) >= 11 is 0. The molecule has 0 aromatic heterocycles. The van der Waals surface area contributed by atoms with Crippen LogP contribution in [-0.4, -0.2) is 116 Å². The van der Waals surface area contributed by atoms with Gasteiger partial charge in [-0.25, -0.2) is 0 Å². The maximum absolute atomic E-state index is 13.0. The van der Waals surface area contributed by atoms with Crippen molar-refractivity contribution in [2.45, 2.75) is 55.3 Å². The highest BCUT2D eigenvalue weighted by Crippen LogP contribution is 2.40. The molecule has 0 spiro atoms. The van der Waals surface area contributed by atoms with Gasteiger partial charge in [-0.05, 0) is 12.1 Å². The van der Waals surface area contributed by atoms with Crippen molar-refractivity contribution < 1.29 is 64.3 Å². The van der Waals surface area contributed by atoms with Crippen LogP contribution in [0.2, 0.25) is 0 Å². The molecule has 9 atom stereocenters. The summed E-state index contributed by atoms with van der Waals surface area (Å²) < 4.78 is 21.6. The lowest BCUT2D eigenvalue weighted by atomic mass is 9.83. The maximum atomic E-state index is 13.0. The van der Waals surface area contributed by atoms with Crippen molar-refractivity contribution in [3.8, 4) is 11.5 Å². The molecule has 0 radical (unpaired) electrons. The standard InChI is InChI=1S/C25H26O13/c26-12-7-35-24(22(33)18(12)29)36-8-14-20(31)21(32)23(34)25(38-14)37-13-6-5-11-15(19(13)30)17(28)10-4-2-1-3-9(10)16(11)27/h1-6,12,14,18,20-26,29-34H,7-8H2/t12-,14-,18+,20-,21+,22-,23-,24+,25?/m1/s1. The smallest absolute Gasteiger partial charge is 0.229 e. The Bertz CT molecular complexity index is 1230. The third kappa shape index (κ3) is 4.47. The molecule has 38 heavy (non-hydrogen) atoms. The number of ketones is 2. The number of ether oxygens (including phenoxy) is 4. The molecule has 2 aromatic carbocycles. The van der Waals surface area contributed by atoms with E-state index in [9.17, 15) is 45.3 Å². The largest absolute Gasteiger partial charge is 0.504 e. The van der Waals surface area contributed by atoms with Crippen LogP contribution in [0.15, 0.2) is 36.4 Å². The summed E-state index contributed by atoms with van der Waals surface area (Å²) in [7, 11) is 0. The summed E-state index contributed by atoms with van der Waals surface area (Å²) in [4.78, 5) is 25.9. The summed E-state index contributed by atoms with van der Waals surface area (Å²) in [6, 6.07) is 8.62. The van der Waals surface area contributed by atoms with Crippen LogP contribution in [0.4, 0.5) is 0 Å². The molecule has 13 heteroatoms. The van der Waals surface area contributed by atoms with Gasteiger partial charge in [0, 0.05) is 16.7 Å². The molecule has 0 amide bonds.